The third kappa shape index (κ3) is 4.28. The van der Waals surface area contributed by atoms with Gasteiger partial charge in [-0.1, -0.05) is 0 Å². The van der Waals surface area contributed by atoms with Crippen molar-refractivity contribution in [2.75, 3.05) is 13.2 Å². The molecule has 0 bridgehead atoms. The summed E-state index contributed by atoms with van der Waals surface area (Å²) in [5.74, 6) is 0.901. The van der Waals surface area contributed by atoms with Crippen LogP contribution in [0.1, 0.15) is 12.0 Å². The van der Waals surface area contributed by atoms with Crippen LogP contribution in [0.25, 0.3) is 0 Å². The number of aromatic nitrogens is 3. The van der Waals surface area contributed by atoms with Gasteiger partial charge in [0, 0.05) is 0 Å². The molecule has 0 spiro atoms. The van der Waals surface area contributed by atoms with Gasteiger partial charge in [-0.2, -0.15) is 0 Å². The van der Waals surface area contributed by atoms with Gasteiger partial charge in [-0.25, -0.2) is 0 Å². The Hall–Kier alpha value is -1.12. The second-order valence-electron chi connectivity index (χ2n) is 3.87. The van der Waals surface area contributed by atoms with Gasteiger partial charge in [0.05, 0.1) is 0 Å². The zero-order chi connectivity index (χ0) is 12.8. The summed E-state index contributed by atoms with van der Waals surface area (Å²) in [4.78, 5) is 4.01. The van der Waals surface area contributed by atoms with Gasteiger partial charge in [0.2, 0.25) is 0 Å². The first kappa shape index (κ1) is 13.3. The molecule has 1 heterocycles. The van der Waals surface area contributed by atoms with Crippen molar-refractivity contribution in [3.63, 3.8) is 0 Å². The molecule has 0 radical (unpaired) electrons. The van der Waals surface area contributed by atoms with Gasteiger partial charge in [0.1, 0.15) is 0 Å². The minimum atomic E-state index is 0.452. The van der Waals surface area contributed by atoms with Crippen molar-refractivity contribution in [1.29, 1.82) is 0 Å². The summed E-state index contributed by atoms with van der Waals surface area (Å²) in [6.45, 7) is 3.25. The van der Waals surface area contributed by atoms with Crippen molar-refractivity contribution in [3.8, 4) is 11.8 Å². The van der Waals surface area contributed by atoms with Crippen LogP contribution in [0.2, 0.25) is 0 Å². The van der Waals surface area contributed by atoms with E-state index in [1.807, 2.05) is 31.2 Å². The Labute approximate surface area is 122 Å². The van der Waals surface area contributed by atoms with Gasteiger partial charge in [-0.05, 0) is 0 Å². The molecule has 0 saturated carbocycles. The topological polar surface area (TPSA) is 49.2 Å². The summed E-state index contributed by atoms with van der Waals surface area (Å²) in [6.07, 6.45) is 2.50. The van der Waals surface area contributed by atoms with Crippen molar-refractivity contribution < 1.29 is 9.47 Å². The molecule has 0 aliphatic rings. The van der Waals surface area contributed by atoms with Gasteiger partial charge >= 0.3 is 123 Å². The van der Waals surface area contributed by atoms with E-state index in [0.717, 1.165) is 12.2 Å². The average molecular weight is 437 g/mol. The SMILES string of the molecule is Cc1cccc(OCCCOc2nc[n]([Tl])n2)c1. The summed E-state index contributed by atoms with van der Waals surface area (Å²) in [6, 6.07) is 8.47. The molecule has 6 heteroatoms. The minimum absolute atomic E-state index is 0.452. The Kier molecular flexibility index (Phi) is 4.97. The van der Waals surface area contributed by atoms with Crippen molar-refractivity contribution in [2.45, 2.75) is 13.3 Å². The van der Waals surface area contributed by atoms with Gasteiger partial charge < -0.3 is 0 Å². The summed E-state index contributed by atoms with van der Waals surface area (Å²) in [7, 11) is 0. The maximum atomic E-state index is 5.61. The number of hydrogen-bond donors (Lipinski definition) is 0. The molecule has 0 aliphatic heterocycles. The average Bonchev–Trinajstić information content (AvgIpc) is 2.75. The molecule has 0 saturated heterocycles. The predicted molar refractivity (Wildman–Crippen MR) is 68.0 cm³/mol. The monoisotopic (exact) mass is 437 g/mol. The molecule has 0 fully saturated rings. The first-order chi connectivity index (χ1) is 8.74. The van der Waals surface area contributed by atoms with Crippen LogP contribution < -0.4 is 9.47 Å². The summed E-state index contributed by atoms with van der Waals surface area (Å²) in [5.41, 5.74) is 1.20. The van der Waals surface area contributed by atoms with E-state index in [-0.39, 0.29) is 0 Å². The third-order valence-electron chi connectivity index (χ3n) is 2.27. The molecular formula is C12H14N3O2Tl. The number of benzene rings is 1. The molecule has 0 N–H and O–H groups in total. The predicted octanol–water partition coefficient (Wildman–Crippen LogP) is 1.37. The first-order valence-electron chi connectivity index (χ1n) is 5.73. The second-order valence-corrected chi connectivity index (χ2v) is 5.93. The number of ether oxygens (including phenoxy) is 2. The molecule has 5 nitrogen and oxygen atoms in total. The third-order valence-corrected chi connectivity index (χ3v) is 3.23. The molecule has 0 aliphatic carbocycles. The van der Waals surface area contributed by atoms with E-state index < -0.39 is 0 Å². The van der Waals surface area contributed by atoms with E-state index in [2.05, 4.69) is 10.1 Å². The second kappa shape index (κ2) is 6.72. The normalized spacial score (nSPS) is 10.2. The zero-order valence-electron chi connectivity index (χ0n) is 10.2. The fraction of sp³-hybridized carbons (Fsp3) is 0.333. The molecule has 0 unspecified atom stereocenters. The molecule has 18 heavy (non-hydrogen) atoms. The van der Waals surface area contributed by atoms with Crippen LogP contribution in [0.4, 0.5) is 0 Å². The molecule has 0 amide bonds. The summed E-state index contributed by atoms with van der Waals surface area (Å²) < 4.78 is 12.8. The Morgan fingerprint density at radius 1 is 1.28 bits per heavy atom. The molecular weight excluding hydrogens is 423 g/mol. The number of nitrogens with zero attached hydrogens (tertiary/aromatic N) is 3. The van der Waals surface area contributed by atoms with Gasteiger partial charge in [0.15, 0.2) is 0 Å². The van der Waals surface area contributed by atoms with Crippen molar-refractivity contribution in [2.24, 2.45) is 0 Å². The number of hydrogen-bond acceptors (Lipinski definition) is 4. The Morgan fingerprint density at radius 2 is 2.11 bits per heavy atom. The molecule has 2 rings (SSSR count). The number of rotatable bonds is 6. The Morgan fingerprint density at radius 3 is 2.83 bits per heavy atom. The first-order valence-corrected chi connectivity index (χ1v) is 7.74. The van der Waals surface area contributed by atoms with E-state index >= 15 is 0 Å². The van der Waals surface area contributed by atoms with E-state index in [9.17, 15) is 0 Å². The van der Waals surface area contributed by atoms with Crippen LogP contribution in [0.15, 0.2) is 30.6 Å². The van der Waals surface area contributed by atoms with Crippen LogP contribution in [-0.2, 0) is 0 Å². The Bertz CT molecular complexity index is 502. The Balaban J connectivity index is 1.64. The molecule has 2 aromatic rings. The van der Waals surface area contributed by atoms with Crippen LogP contribution >= 0.6 is 0 Å². The van der Waals surface area contributed by atoms with Gasteiger partial charge in [-0.15, -0.1) is 0 Å². The maximum absolute atomic E-state index is 5.61. The van der Waals surface area contributed by atoms with E-state index in [4.69, 9.17) is 9.47 Å². The van der Waals surface area contributed by atoms with E-state index in [1.165, 1.54) is 5.56 Å². The molecule has 92 valence electrons. The van der Waals surface area contributed by atoms with Crippen molar-refractivity contribution >= 4 is 26.1 Å². The molecule has 0 atom stereocenters. The quantitative estimate of drug-likeness (QED) is 0.507. The molecule has 1 aromatic carbocycles. The van der Waals surface area contributed by atoms with E-state index in [1.54, 1.807) is 8.82 Å². The van der Waals surface area contributed by atoms with Crippen molar-refractivity contribution in [1.82, 2.24) is 12.6 Å². The molecule has 1 aromatic heterocycles. The van der Waals surface area contributed by atoms with Gasteiger partial charge in [-0.3, -0.25) is 0 Å². The summed E-state index contributed by atoms with van der Waals surface area (Å²) >= 11 is 0.629. The standard InChI is InChI=1S/C12H14N3O2.Tl/c1-10-4-2-5-11(8-10)16-6-3-7-17-12-13-9-14-15-12;/h2,4-5,8-9H,3,6-7H2,1H3;/q-1;+1. The van der Waals surface area contributed by atoms with Crippen LogP contribution in [0.5, 0.6) is 11.8 Å². The van der Waals surface area contributed by atoms with Crippen LogP contribution in [-0.4, -0.2) is 51.9 Å². The van der Waals surface area contributed by atoms with E-state index in [0.29, 0.717) is 45.3 Å². The fourth-order valence-electron chi connectivity index (χ4n) is 1.44. The fourth-order valence-corrected chi connectivity index (χ4v) is 2.09. The summed E-state index contributed by atoms with van der Waals surface area (Å²) in [5, 5.41) is 4.09. The van der Waals surface area contributed by atoms with Gasteiger partial charge in [0.25, 0.3) is 0 Å². The van der Waals surface area contributed by atoms with Crippen molar-refractivity contribution in [3.05, 3.63) is 36.2 Å². The zero-order valence-corrected chi connectivity index (χ0v) is 14.7. The van der Waals surface area contributed by atoms with Crippen LogP contribution in [0, 0.1) is 6.92 Å². The number of aryl methyl sites for hydroxylation is 1. The van der Waals surface area contributed by atoms with Crippen LogP contribution in [0.3, 0.4) is 0 Å².